The van der Waals surface area contributed by atoms with E-state index < -0.39 is 0 Å². The van der Waals surface area contributed by atoms with Crippen LogP contribution in [-0.2, 0) is 4.79 Å². The fourth-order valence-corrected chi connectivity index (χ4v) is 5.33. The van der Waals surface area contributed by atoms with Gasteiger partial charge >= 0.3 is 0 Å². The van der Waals surface area contributed by atoms with Crippen LogP contribution >= 0.6 is 11.3 Å². The molecule has 136 valence electrons. The van der Waals surface area contributed by atoms with Crippen molar-refractivity contribution in [1.82, 2.24) is 9.78 Å². The monoisotopic (exact) mass is 375 g/mol. The Morgan fingerprint density at radius 2 is 1.96 bits per heavy atom. The van der Waals surface area contributed by atoms with E-state index in [9.17, 15) is 4.79 Å². The molecule has 5 rings (SSSR count). The van der Waals surface area contributed by atoms with Gasteiger partial charge in [-0.05, 0) is 36.9 Å². The van der Waals surface area contributed by atoms with E-state index in [1.807, 2.05) is 29.8 Å². The number of para-hydroxylation sites is 1. The second kappa shape index (κ2) is 6.20. The highest BCUT2D eigenvalue weighted by atomic mass is 32.1. The number of carbonyl (C=O) groups excluding carboxylic acids is 1. The molecule has 1 aliphatic carbocycles. The Balaban J connectivity index is 1.59. The number of benzene rings is 1. The lowest BCUT2D eigenvalue weighted by Gasteiger charge is -2.33. The van der Waals surface area contributed by atoms with Gasteiger partial charge in [0.2, 0.25) is 0 Å². The van der Waals surface area contributed by atoms with Crippen molar-refractivity contribution < 1.29 is 4.79 Å². The predicted octanol–water partition coefficient (Wildman–Crippen LogP) is 5.17. The number of thiophene rings is 1. The third-order valence-corrected chi connectivity index (χ3v) is 6.73. The first-order chi connectivity index (χ1) is 13.1. The van der Waals surface area contributed by atoms with Crippen molar-refractivity contribution in [3.8, 4) is 5.69 Å². The first-order valence-electron chi connectivity index (χ1n) is 9.35. The number of nitrogens with one attached hydrogen (secondary N) is 1. The van der Waals surface area contributed by atoms with Crippen LogP contribution in [0.4, 0.5) is 5.82 Å². The van der Waals surface area contributed by atoms with Crippen LogP contribution in [0.5, 0.6) is 0 Å². The number of fused-ring (bicyclic) bond motifs is 1. The summed E-state index contributed by atoms with van der Waals surface area (Å²) >= 11 is 1.74. The average molecular weight is 375 g/mol. The topological polar surface area (TPSA) is 46.9 Å². The van der Waals surface area contributed by atoms with Gasteiger partial charge in [-0.15, -0.1) is 11.3 Å². The molecule has 0 amide bonds. The summed E-state index contributed by atoms with van der Waals surface area (Å²) in [6.45, 7) is 4.17. The SMILES string of the molecule is Cc1nn(-c2ccccc2)c2c1C(C)C1=C(CC(c3cccs3)CC1=O)N2. The molecule has 0 spiro atoms. The highest BCUT2D eigenvalue weighted by molar-refractivity contribution is 7.10. The van der Waals surface area contributed by atoms with Gasteiger partial charge in [-0.2, -0.15) is 5.10 Å². The van der Waals surface area contributed by atoms with Crippen LogP contribution in [0.15, 0.2) is 59.1 Å². The zero-order valence-electron chi connectivity index (χ0n) is 15.4. The van der Waals surface area contributed by atoms with Gasteiger partial charge in [0.05, 0.1) is 11.4 Å². The third kappa shape index (κ3) is 2.57. The Kier molecular flexibility index (Phi) is 3.79. The summed E-state index contributed by atoms with van der Waals surface area (Å²) in [5, 5.41) is 10.5. The van der Waals surface area contributed by atoms with Gasteiger partial charge in [0.25, 0.3) is 0 Å². The van der Waals surface area contributed by atoms with E-state index >= 15 is 0 Å². The summed E-state index contributed by atoms with van der Waals surface area (Å²) in [5.74, 6) is 1.62. The second-order valence-electron chi connectivity index (χ2n) is 7.38. The van der Waals surface area contributed by atoms with Gasteiger partial charge in [-0.3, -0.25) is 4.79 Å². The molecule has 5 heteroatoms. The number of aromatic nitrogens is 2. The second-order valence-corrected chi connectivity index (χ2v) is 8.36. The van der Waals surface area contributed by atoms with E-state index in [1.165, 1.54) is 4.88 Å². The van der Waals surface area contributed by atoms with Crippen LogP contribution < -0.4 is 5.32 Å². The molecule has 27 heavy (non-hydrogen) atoms. The maximum absolute atomic E-state index is 13.0. The summed E-state index contributed by atoms with van der Waals surface area (Å²) in [6, 6.07) is 14.4. The van der Waals surface area contributed by atoms with Crippen molar-refractivity contribution in [3.63, 3.8) is 0 Å². The summed E-state index contributed by atoms with van der Waals surface area (Å²) in [6.07, 6.45) is 1.48. The number of hydrogen-bond acceptors (Lipinski definition) is 4. The maximum atomic E-state index is 13.0. The molecule has 2 atom stereocenters. The summed E-state index contributed by atoms with van der Waals surface area (Å²) in [4.78, 5) is 14.3. The van der Waals surface area contributed by atoms with Gasteiger partial charge < -0.3 is 5.32 Å². The highest BCUT2D eigenvalue weighted by Gasteiger charge is 2.38. The van der Waals surface area contributed by atoms with Crippen molar-refractivity contribution in [2.24, 2.45) is 0 Å². The molecule has 0 saturated carbocycles. The molecule has 1 aromatic carbocycles. The standard InChI is InChI=1S/C22H21N3OS/c1-13-20-14(2)24-25(16-7-4-3-5-8-16)22(20)23-17-11-15(12-18(26)21(13)17)19-9-6-10-27-19/h3-10,13,15,23H,11-12H2,1-2H3. The zero-order chi connectivity index (χ0) is 18.5. The van der Waals surface area contributed by atoms with Crippen LogP contribution in [0, 0.1) is 6.92 Å². The smallest absolute Gasteiger partial charge is 0.161 e. The molecule has 0 bridgehead atoms. The molecular formula is C22H21N3OS. The molecule has 2 aliphatic rings. The van der Waals surface area contributed by atoms with Crippen LogP contribution in [0.1, 0.15) is 47.7 Å². The molecule has 0 radical (unpaired) electrons. The van der Waals surface area contributed by atoms with Gasteiger partial charge in [-0.1, -0.05) is 31.2 Å². The quantitative estimate of drug-likeness (QED) is 0.672. The Hall–Kier alpha value is -2.66. The minimum atomic E-state index is 0.0745. The van der Waals surface area contributed by atoms with E-state index in [1.54, 1.807) is 11.3 Å². The molecule has 0 saturated heterocycles. The third-order valence-electron chi connectivity index (χ3n) is 5.70. The number of aryl methyl sites for hydroxylation is 1. The molecular weight excluding hydrogens is 354 g/mol. The highest BCUT2D eigenvalue weighted by Crippen LogP contribution is 2.47. The summed E-state index contributed by atoms with van der Waals surface area (Å²) in [7, 11) is 0. The lowest BCUT2D eigenvalue weighted by atomic mass is 9.76. The van der Waals surface area contributed by atoms with Crippen molar-refractivity contribution in [2.45, 2.75) is 38.5 Å². The number of rotatable bonds is 2. The van der Waals surface area contributed by atoms with Crippen LogP contribution in [-0.4, -0.2) is 15.6 Å². The molecule has 2 unspecified atom stereocenters. The first kappa shape index (κ1) is 16.5. The van der Waals surface area contributed by atoms with Crippen LogP contribution in [0.3, 0.4) is 0 Å². The number of anilines is 1. The Morgan fingerprint density at radius 1 is 1.15 bits per heavy atom. The van der Waals surface area contributed by atoms with Crippen molar-refractivity contribution in [2.75, 3.05) is 5.32 Å². The number of allylic oxidation sites excluding steroid dienone is 2. The van der Waals surface area contributed by atoms with Crippen molar-refractivity contribution in [1.29, 1.82) is 0 Å². The molecule has 1 N–H and O–H groups in total. The van der Waals surface area contributed by atoms with Crippen LogP contribution in [0.25, 0.3) is 5.69 Å². The molecule has 4 nitrogen and oxygen atoms in total. The van der Waals surface area contributed by atoms with E-state index in [4.69, 9.17) is 5.10 Å². The van der Waals surface area contributed by atoms with E-state index in [0.29, 0.717) is 6.42 Å². The zero-order valence-corrected chi connectivity index (χ0v) is 16.2. The average Bonchev–Trinajstić information content (AvgIpc) is 3.30. The van der Waals surface area contributed by atoms with E-state index in [-0.39, 0.29) is 17.6 Å². The Labute approximate surface area is 162 Å². The molecule has 2 aromatic heterocycles. The first-order valence-corrected chi connectivity index (χ1v) is 10.2. The van der Waals surface area contributed by atoms with Gasteiger partial charge in [0.15, 0.2) is 5.78 Å². The number of nitrogens with zero attached hydrogens (tertiary/aromatic N) is 2. The minimum Gasteiger partial charge on any atom is -0.343 e. The molecule has 3 aromatic rings. The van der Waals surface area contributed by atoms with Crippen molar-refractivity contribution in [3.05, 3.63) is 75.2 Å². The molecule has 1 aliphatic heterocycles. The lowest BCUT2D eigenvalue weighted by molar-refractivity contribution is -0.116. The number of hydrogen-bond donors (Lipinski definition) is 1. The Morgan fingerprint density at radius 3 is 2.70 bits per heavy atom. The predicted molar refractivity (Wildman–Crippen MR) is 109 cm³/mol. The van der Waals surface area contributed by atoms with Gasteiger partial charge in [0.1, 0.15) is 5.82 Å². The molecule has 0 fully saturated rings. The van der Waals surface area contributed by atoms with E-state index in [0.717, 1.165) is 40.5 Å². The van der Waals surface area contributed by atoms with Gasteiger partial charge in [-0.25, -0.2) is 4.68 Å². The number of Topliss-reactive ketones (excluding diaryl/α,β-unsaturated/α-hetero) is 1. The van der Waals surface area contributed by atoms with E-state index in [2.05, 4.69) is 41.9 Å². The number of ketones is 1. The minimum absolute atomic E-state index is 0.0745. The Bertz CT molecular complexity index is 1050. The summed E-state index contributed by atoms with van der Waals surface area (Å²) in [5.41, 5.74) is 5.17. The lowest BCUT2D eigenvalue weighted by Crippen LogP contribution is -2.28. The summed E-state index contributed by atoms with van der Waals surface area (Å²) < 4.78 is 1.98. The van der Waals surface area contributed by atoms with Crippen LogP contribution in [0.2, 0.25) is 0 Å². The normalized spacial score (nSPS) is 21.6. The van der Waals surface area contributed by atoms with Crippen molar-refractivity contribution >= 4 is 22.9 Å². The number of carbonyl (C=O) groups is 1. The fraction of sp³-hybridized carbons (Fsp3) is 0.273. The fourth-order valence-electron chi connectivity index (χ4n) is 4.50. The largest absolute Gasteiger partial charge is 0.343 e. The van der Waals surface area contributed by atoms with Gasteiger partial charge in [0, 0.05) is 40.0 Å². The molecule has 3 heterocycles. The maximum Gasteiger partial charge on any atom is 0.161 e.